The van der Waals surface area contributed by atoms with Crippen molar-refractivity contribution in [3.8, 4) is 5.88 Å². The largest absolute Gasteiger partial charge is 0.473 e. The first-order valence-corrected chi connectivity index (χ1v) is 6.67. The quantitative estimate of drug-likeness (QED) is 0.609. The van der Waals surface area contributed by atoms with E-state index in [9.17, 15) is 0 Å². The Balaban J connectivity index is 2.31. The lowest BCUT2D eigenvalue weighted by molar-refractivity contribution is 0.353. The molecule has 1 N–H and O–H groups in total. The molecule has 1 heterocycles. The van der Waals surface area contributed by atoms with Crippen molar-refractivity contribution >= 4 is 10.8 Å². The Labute approximate surface area is 114 Å². The van der Waals surface area contributed by atoms with Gasteiger partial charge < -0.3 is 10.1 Å². The van der Waals surface area contributed by atoms with Crippen LogP contribution in [0, 0.1) is 0 Å². The molecule has 0 saturated heterocycles. The van der Waals surface area contributed by atoms with Crippen molar-refractivity contribution in [3.05, 3.63) is 48.7 Å². The summed E-state index contributed by atoms with van der Waals surface area (Å²) in [5.41, 5.74) is 1.20. The molecule has 3 heteroatoms. The number of hydrogen-bond donors (Lipinski definition) is 1. The number of pyridine rings is 1. The molecule has 0 atom stereocenters. The number of rotatable bonds is 7. The molecule has 0 aliphatic rings. The third-order valence-corrected chi connectivity index (χ3v) is 2.92. The molecule has 2 rings (SSSR count). The second kappa shape index (κ2) is 6.90. The molecule has 19 heavy (non-hydrogen) atoms. The highest BCUT2D eigenvalue weighted by atomic mass is 16.5. The molecule has 0 saturated carbocycles. The SMILES string of the molecule is C=CCOc1ncc(CNCCC)c2ccccc12. The van der Waals surface area contributed by atoms with Gasteiger partial charge in [-0.05, 0) is 30.0 Å². The van der Waals surface area contributed by atoms with E-state index in [0.717, 1.165) is 24.9 Å². The summed E-state index contributed by atoms with van der Waals surface area (Å²) in [5, 5.41) is 5.66. The number of fused-ring (bicyclic) bond motifs is 1. The highest BCUT2D eigenvalue weighted by molar-refractivity contribution is 5.89. The highest BCUT2D eigenvalue weighted by Crippen LogP contribution is 2.26. The Kier molecular flexibility index (Phi) is 4.93. The Morgan fingerprint density at radius 3 is 2.84 bits per heavy atom. The summed E-state index contributed by atoms with van der Waals surface area (Å²) in [6.07, 6.45) is 4.75. The van der Waals surface area contributed by atoms with Gasteiger partial charge in [0.15, 0.2) is 0 Å². The fourth-order valence-electron chi connectivity index (χ4n) is 2.02. The maximum absolute atomic E-state index is 5.60. The van der Waals surface area contributed by atoms with Gasteiger partial charge in [0.05, 0.1) is 0 Å². The second-order valence-corrected chi connectivity index (χ2v) is 4.41. The van der Waals surface area contributed by atoms with Crippen molar-refractivity contribution in [1.82, 2.24) is 10.3 Å². The summed E-state index contributed by atoms with van der Waals surface area (Å²) in [6, 6.07) is 8.21. The van der Waals surface area contributed by atoms with Gasteiger partial charge in [-0.2, -0.15) is 0 Å². The topological polar surface area (TPSA) is 34.1 Å². The van der Waals surface area contributed by atoms with Crippen LogP contribution in [0.2, 0.25) is 0 Å². The minimum atomic E-state index is 0.477. The summed E-state index contributed by atoms with van der Waals surface area (Å²) in [6.45, 7) is 8.15. The molecule has 0 bridgehead atoms. The van der Waals surface area contributed by atoms with E-state index in [2.05, 4.69) is 29.9 Å². The van der Waals surface area contributed by atoms with Gasteiger partial charge in [-0.25, -0.2) is 4.98 Å². The number of nitrogens with zero attached hydrogens (tertiary/aromatic N) is 1. The zero-order chi connectivity index (χ0) is 13.5. The molecular formula is C16H20N2O. The summed E-state index contributed by atoms with van der Waals surface area (Å²) >= 11 is 0. The predicted octanol–water partition coefficient (Wildman–Crippen LogP) is 3.30. The van der Waals surface area contributed by atoms with Gasteiger partial charge in [0.25, 0.3) is 0 Å². The average molecular weight is 256 g/mol. The van der Waals surface area contributed by atoms with Gasteiger partial charge in [0.1, 0.15) is 6.61 Å². The van der Waals surface area contributed by atoms with Crippen LogP contribution in [0.4, 0.5) is 0 Å². The molecule has 0 fully saturated rings. The van der Waals surface area contributed by atoms with Crippen LogP contribution in [0.1, 0.15) is 18.9 Å². The molecule has 1 aromatic heterocycles. The van der Waals surface area contributed by atoms with Crippen molar-refractivity contribution < 1.29 is 4.74 Å². The molecule has 1 aromatic carbocycles. The summed E-state index contributed by atoms with van der Waals surface area (Å²) in [5.74, 6) is 0.676. The zero-order valence-corrected chi connectivity index (χ0v) is 11.4. The standard InChI is InChI=1S/C16H20N2O/c1-3-9-17-11-13-12-18-16(19-10-4-2)15-8-6-5-7-14(13)15/h4-8,12,17H,2-3,9-11H2,1H3. The normalized spacial score (nSPS) is 10.6. The molecule has 0 radical (unpaired) electrons. The number of aromatic nitrogens is 1. The first-order valence-electron chi connectivity index (χ1n) is 6.67. The molecule has 0 aliphatic carbocycles. The van der Waals surface area contributed by atoms with Crippen LogP contribution in [0.15, 0.2) is 43.1 Å². The summed E-state index contributed by atoms with van der Waals surface area (Å²) in [4.78, 5) is 4.41. The van der Waals surface area contributed by atoms with Gasteiger partial charge in [0, 0.05) is 18.1 Å². The lowest BCUT2D eigenvalue weighted by Crippen LogP contribution is -2.14. The first kappa shape index (κ1) is 13.6. The van der Waals surface area contributed by atoms with E-state index in [1.54, 1.807) is 6.08 Å². The fourth-order valence-corrected chi connectivity index (χ4v) is 2.02. The van der Waals surface area contributed by atoms with Crippen LogP contribution in [0.3, 0.4) is 0 Å². The lowest BCUT2D eigenvalue weighted by atomic mass is 10.1. The number of hydrogen-bond acceptors (Lipinski definition) is 3. The molecule has 0 aliphatic heterocycles. The Morgan fingerprint density at radius 1 is 1.32 bits per heavy atom. The van der Waals surface area contributed by atoms with Gasteiger partial charge in [-0.3, -0.25) is 0 Å². The molecule has 0 unspecified atom stereocenters. The van der Waals surface area contributed by atoms with E-state index < -0.39 is 0 Å². The highest BCUT2D eigenvalue weighted by Gasteiger charge is 2.07. The molecule has 0 spiro atoms. The molecule has 100 valence electrons. The molecule has 0 amide bonds. The second-order valence-electron chi connectivity index (χ2n) is 4.41. The summed E-state index contributed by atoms with van der Waals surface area (Å²) in [7, 11) is 0. The van der Waals surface area contributed by atoms with Crippen LogP contribution in [-0.4, -0.2) is 18.1 Å². The van der Waals surface area contributed by atoms with Gasteiger partial charge in [-0.1, -0.05) is 37.8 Å². The van der Waals surface area contributed by atoms with Gasteiger partial charge >= 0.3 is 0 Å². The first-order chi connectivity index (χ1) is 9.36. The smallest absolute Gasteiger partial charge is 0.221 e. The minimum Gasteiger partial charge on any atom is -0.473 e. The van der Waals surface area contributed by atoms with Crippen LogP contribution in [-0.2, 0) is 6.54 Å². The Morgan fingerprint density at radius 2 is 2.11 bits per heavy atom. The van der Waals surface area contributed by atoms with E-state index >= 15 is 0 Å². The fraction of sp³-hybridized carbons (Fsp3) is 0.312. The van der Waals surface area contributed by atoms with Crippen LogP contribution in [0.25, 0.3) is 10.8 Å². The van der Waals surface area contributed by atoms with Gasteiger partial charge in [0.2, 0.25) is 5.88 Å². The van der Waals surface area contributed by atoms with Crippen LogP contribution < -0.4 is 10.1 Å². The van der Waals surface area contributed by atoms with Gasteiger partial charge in [-0.15, -0.1) is 0 Å². The maximum Gasteiger partial charge on any atom is 0.221 e. The average Bonchev–Trinajstić information content (AvgIpc) is 2.46. The summed E-state index contributed by atoms with van der Waals surface area (Å²) < 4.78 is 5.60. The number of benzene rings is 1. The van der Waals surface area contributed by atoms with E-state index in [0.29, 0.717) is 12.5 Å². The number of nitrogens with one attached hydrogen (secondary N) is 1. The monoisotopic (exact) mass is 256 g/mol. The third-order valence-electron chi connectivity index (χ3n) is 2.92. The zero-order valence-electron chi connectivity index (χ0n) is 11.4. The van der Waals surface area contributed by atoms with E-state index in [-0.39, 0.29) is 0 Å². The van der Waals surface area contributed by atoms with Crippen molar-refractivity contribution in [3.63, 3.8) is 0 Å². The minimum absolute atomic E-state index is 0.477. The Hall–Kier alpha value is -1.87. The van der Waals surface area contributed by atoms with E-state index in [4.69, 9.17) is 4.74 Å². The Bertz CT molecular complexity index is 551. The van der Waals surface area contributed by atoms with Crippen molar-refractivity contribution in [2.24, 2.45) is 0 Å². The third kappa shape index (κ3) is 3.32. The maximum atomic E-state index is 5.60. The molecule has 2 aromatic rings. The van der Waals surface area contributed by atoms with Crippen LogP contribution >= 0.6 is 0 Å². The molecular weight excluding hydrogens is 236 g/mol. The lowest BCUT2D eigenvalue weighted by Gasteiger charge is -2.11. The van der Waals surface area contributed by atoms with E-state index in [1.165, 1.54) is 10.9 Å². The van der Waals surface area contributed by atoms with Crippen LogP contribution in [0.5, 0.6) is 5.88 Å². The van der Waals surface area contributed by atoms with E-state index in [1.807, 2.05) is 24.4 Å². The van der Waals surface area contributed by atoms with Crippen molar-refractivity contribution in [2.45, 2.75) is 19.9 Å². The van der Waals surface area contributed by atoms with Crippen molar-refractivity contribution in [1.29, 1.82) is 0 Å². The molecule has 3 nitrogen and oxygen atoms in total. The predicted molar refractivity (Wildman–Crippen MR) is 79.4 cm³/mol. The number of ether oxygens (including phenoxy) is 1. The van der Waals surface area contributed by atoms with Crippen molar-refractivity contribution in [2.75, 3.05) is 13.2 Å².